The van der Waals surface area contributed by atoms with Crippen molar-refractivity contribution >= 4 is 39.8 Å². The van der Waals surface area contributed by atoms with Gasteiger partial charge in [0.2, 0.25) is 5.88 Å². The molecule has 8 heteroatoms. The number of hydrogen-bond donors (Lipinski definition) is 1. The lowest BCUT2D eigenvalue weighted by Crippen LogP contribution is -1.91. The number of aryl methyl sites for hydroxylation is 2. The third-order valence-electron chi connectivity index (χ3n) is 5.02. The largest absolute Gasteiger partial charge is 0.493 e. The van der Waals surface area contributed by atoms with Gasteiger partial charge in [-0.2, -0.15) is 5.10 Å². The van der Waals surface area contributed by atoms with Crippen LogP contribution in [0.15, 0.2) is 48.9 Å². The summed E-state index contributed by atoms with van der Waals surface area (Å²) in [4.78, 5) is 9.22. The maximum absolute atomic E-state index is 10.4. The fourth-order valence-corrected chi connectivity index (χ4v) is 4.16. The topological polar surface area (TPSA) is 68.2 Å². The minimum absolute atomic E-state index is 0.0486. The van der Waals surface area contributed by atoms with Crippen molar-refractivity contribution in [1.29, 1.82) is 0 Å². The number of nitrogens with zero attached hydrogens (tertiary/aromatic N) is 5. The zero-order valence-electron chi connectivity index (χ0n) is 15.6. The van der Waals surface area contributed by atoms with Gasteiger partial charge in [-0.25, -0.2) is 9.97 Å². The van der Waals surface area contributed by atoms with Crippen LogP contribution in [0.25, 0.3) is 38.9 Å². The van der Waals surface area contributed by atoms with Crippen LogP contribution in [-0.4, -0.2) is 29.3 Å². The van der Waals surface area contributed by atoms with Gasteiger partial charge >= 0.3 is 0 Å². The zero-order chi connectivity index (χ0) is 20.3. The molecule has 0 saturated carbocycles. The molecule has 0 spiro atoms. The monoisotopic (exact) mass is 423 g/mol. The maximum Gasteiger partial charge on any atom is 0.219 e. The van der Waals surface area contributed by atoms with Crippen LogP contribution in [0.5, 0.6) is 5.88 Å². The van der Waals surface area contributed by atoms with E-state index in [2.05, 4.69) is 10.1 Å². The molecule has 5 rings (SSSR count). The highest BCUT2D eigenvalue weighted by molar-refractivity contribution is 6.39. The van der Waals surface area contributed by atoms with Gasteiger partial charge in [0.1, 0.15) is 5.65 Å². The Labute approximate surface area is 176 Å². The maximum atomic E-state index is 10.4. The Morgan fingerprint density at radius 1 is 1.07 bits per heavy atom. The molecule has 0 radical (unpaired) electrons. The molecule has 0 aliphatic rings. The predicted molar refractivity (Wildman–Crippen MR) is 115 cm³/mol. The zero-order valence-corrected chi connectivity index (χ0v) is 17.1. The van der Waals surface area contributed by atoms with E-state index in [4.69, 9.17) is 28.2 Å². The van der Waals surface area contributed by atoms with Crippen LogP contribution in [0.2, 0.25) is 10.0 Å². The Balaban J connectivity index is 1.83. The van der Waals surface area contributed by atoms with Crippen LogP contribution < -0.4 is 0 Å². The number of benzene rings is 1. The van der Waals surface area contributed by atoms with Gasteiger partial charge in [0.15, 0.2) is 0 Å². The van der Waals surface area contributed by atoms with Crippen molar-refractivity contribution in [2.24, 2.45) is 7.05 Å². The number of fused-ring (bicyclic) bond motifs is 3. The van der Waals surface area contributed by atoms with E-state index >= 15 is 0 Å². The van der Waals surface area contributed by atoms with Gasteiger partial charge in [0, 0.05) is 47.2 Å². The highest BCUT2D eigenvalue weighted by atomic mass is 35.5. The molecular formula is C21H15Cl2N5O. The first-order valence-corrected chi connectivity index (χ1v) is 9.64. The van der Waals surface area contributed by atoms with E-state index in [9.17, 15) is 5.11 Å². The summed E-state index contributed by atoms with van der Waals surface area (Å²) in [5.41, 5.74) is 5.05. The molecule has 0 aliphatic heterocycles. The average molecular weight is 424 g/mol. The molecule has 1 aromatic carbocycles. The van der Waals surface area contributed by atoms with E-state index in [1.54, 1.807) is 23.0 Å². The molecule has 4 aromatic heterocycles. The number of imidazole rings is 1. The predicted octanol–water partition coefficient (Wildman–Crippen LogP) is 5.27. The van der Waals surface area contributed by atoms with Gasteiger partial charge < -0.3 is 9.51 Å². The van der Waals surface area contributed by atoms with Gasteiger partial charge in [-0.1, -0.05) is 29.3 Å². The number of aromatic nitrogens is 5. The number of halogens is 2. The molecule has 0 aliphatic carbocycles. The van der Waals surface area contributed by atoms with Crippen LogP contribution in [0.3, 0.4) is 0 Å². The standard InChI is InChI=1S/C21H15Cl2N5O/c1-11-19(18-15(22)4-3-5-16(18)23)26-20-14-8-13(12-9-24-27(2)10-12)21(29)25-17(14)6-7-28(11)20/h3-10H,1-2H3,(H,25,29). The molecule has 0 fully saturated rings. The molecule has 6 nitrogen and oxygen atoms in total. The summed E-state index contributed by atoms with van der Waals surface area (Å²) in [5.74, 6) is -0.0486. The Morgan fingerprint density at radius 2 is 1.83 bits per heavy atom. The van der Waals surface area contributed by atoms with E-state index in [-0.39, 0.29) is 5.88 Å². The normalized spacial score (nSPS) is 11.6. The van der Waals surface area contributed by atoms with Crippen molar-refractivity contribution in [2.45, 2.75) is 6.92 Å². The third kappa shape index (κ3) is 2.75. The third-order valence-corrected chi connectivity index (χ3v) is 5.65. The number of rotatable bonds is 2. The number of aromatic hydroxyl groups is 1. The summed E-state index contributed by atoms with van der Waals surface area (Å²) in [6.07, 6.45) is 5.40. The summed E-state index contributed by atoms with van der Waals surface area (Å²) in [5, 5.41) is 16.5. The first-order chi connectivity index (χ1) is 13.9. The van der Waals surface area contributed by atoms with Gasteiger partial charge in [-0.05, 0) is 31.2 Å². The van der Waals surface area contributed by atoms with E-state index in [0.717, 1.165) is 16.6 Å². The Bertz CT molecular complexity index is 1400. The molecule has 1 N–H and O–H groups in total. The molecule has 4 heterocycles. The second-order valence-electron chi connectivity index (χ2n) is 6.85. The first kappa shape index (κ1) is 18.0. The Morgan fingerprint density at radius 3 is 2.52 bits per heavy atom. The van der Waals surface area contributed by atoms with Gasteiger partial charge in [0.05, 0.1) is 27.5 Å². The molecule has 29 heavy (non-hydrogen) atoms. The smallest absolute Gasteiger partial charge is 0.219 e. The van der Waals surface area contributed by atoms with Gasteiger partial charge in [0.25, 0.3) is 0 Å². The molecule has 0 amide bonds. The van der Waals surface area contributed by atoms with Crippen molar-refractivity contribution in [2.75, 3.05) is 0 Å². The second kappa shape index (κ2) is 6.47. The molecule has 0 bridgehead atoms. The average Bonchev–Trinajstić information content (AvgIpc) is 3.25. The van der Waals surface area contributed by atoms with Gasteiger partial charge in [-0.3, -0.25) is 4.68 Å². The molecule has 0 saturated heterocycles. The van der Waals surface area contributed by atoms with Crippen LogP contribution in [0.1, 0.15) is 5.69 Å². The minimum atomic E-state index is -0.0486. The van der Waals surface area contributed by atoms with Crippen molar-refractivity contribution in [3.63, 3.8) is 0 Å². The quantitative estimate of drug-likeness (QED) is 0.419. The highest BCUT2D eigenvalue weighted by Crippen LogP contribution is 2.38. The lowest BCUT2D eigenvalue weighted by Gasteiger charge is -2.06. The van der Waals surface area contributed by atoms with E-state index in [1.807, 2.05) is 49.0 Å². The second-order valence-corrected chi connectivity index (χ2v) is 7.66. The highest BCUT2D eigenvalue weighted by Gasteiger charge is 2.19. The Hall–Kier alpha value is -3.09. The molecule has 0 atom stereocenters. The molecule has 0 unspecified atom stereocenters. The van der Waals surface area contributed by atoms with Crippen LogP contribution in [-0.2, 0) is 7.05 Å². The summed E-state index contributed by atoms with van der Waals surface area (Å²) >= 11 is 12.8. The molecular weight excluding hydrogens is 409 g/mol. The first-order valence-electron chi connectivity index (χ1n) is 8.89. The lowest BCUT2D eigenvalue weighted by molar-refractivity contribution is 0.458. The van der Waals surface area contributed by atoms with Crippen molar-refractivity contribution < 1.29 is 5.11 Å². The van der Waals surface area contributed by atoms with Crippen molar-refractivity contribution in [3.8, 4) is 28.3 Å². The number of pyridine rings is 2. The lowest BCUT2D eigenvalue weighted by atomic mass is 10.1. The number of hydrogen-bond acceptors (Lipinski definition) is 4. The summed E-state index contributed by atoms with van der Waals surface area (Å²) in [6.45, 7) is 1.97. The Kier molecular flexibility index (Phi) is 4.01. The van der Waals surface area contributed by atoms with Crippen LogP contribution >= 0.6 is 23.2 Å². The van der Waals surface area contributed by atoms with E-state index < -0.39 is 0 Å². The van der Waals surface area contributed by atoms with E-state index in [0.29, 0.717) is 38.0 Å². The van der Waals surface area contributed by atoms with Crippen LogP contribution in [0.4, 0.5) is 0 Å². The fourth-order valence-electron chi connectivity index (χ4n) is 3.59. The summed E-state index contributed by atoms with van der Waals surface area (Å²) in [7, 11) is 1.82. The summed E-state index contributed by atoms with van der Waals surface area (Å²) in [6, 6.07) is 9.13. The SMILES string of the molecule is Cc1c(-c2c(Cl)cccc2Cl)nc2c3cc(-c4cnn(C)c4)c(O)nc3ccn12. The molecule has 144 valence electrons. The fraction of sp³-hybridized carbons (Fsp3) is 0.0952. The molecule has 5 aromatic rings. The van der Waals surface area contributed by atoms with Crippen molar-refractivity contribution in [1.82, 2.24) is 24.1 Å². The van der Waals surface area contributed by atoms with Crippen molar-refractivity contribution in [3.05, 3.63) is 64.7 Å². The van der Waals surface area contributed by atoms with Gasteiger partial charge in [-0.15, -0.1) is 0 Å². The van der Waals surface area contributed by atoms with E-state index in [1.165, 1.54) is 0 Å². The van der Waals surface area contributed by atoms with Crippen LogP contribution in [0, 0.1) is 6.92 Å². The minimum Gasteiger partial charge on any atom is -0.493 e. The summed E-state index contributed by atoms with van der Waals surface area (Å²) < 4.78 is 3.65.